The predicted molar refractivity (Wildman–Crippen MR) is 55.8 cm³/mol. The Labute approximate surface area is 82.8 Å². The molecule has 0 amide bonds. The Morgan fingerprint density at radius 1 is 1.36 bits per heavy atom. The third-order valence-corrected chi connectivity index (χ3v) is 2.39. The average Bonchev–Trinajstić information content (AvgIpc) is 2.55. The van der Waals surface area contributed by atoms with Gasteiger partial charge in [-0.2, -0.15) is 0 Å². The van der Waals surface area contributed by atoms with Crippen LogP contribution in [0.5, 0.6) is 0 Å². The molecule has 0 fully saturated rings. The summed E-state index contributed by atoms with van der Waals surface area (Å²) in [5.74, 6) is 1.06. The largest absolute Gasteiger partial charge is 0.325 e. The molecule has 4 heteroatoms. The summed E-state index contributed by atoms with van der Waals surface area (Å²) in [5.41, 5.74) is 8.31. The Balaban J connectivity index is 2.68. The van der Waals surface area contributed by atoms with Gasteiger partial charge >= 0.3 is 0 Å². The minimum absolute atomic E-state index is 0.475. The molecule has 0 aliphatic carbocycles. The van der Waals surface area contributed by atoms with Crippen LogP contribution < -0.4 is 5.73 Å². The standard InChI is InChI=1S/C10H14N4/c1-3-9-13-8-5-4-7(6-11)12-10(8)14(9)2/h4-5H,3,6,11H2,1-2H3. The molecule has 14 heavy (non-hydrogen) atoms. The smallest absolute Gasteiger partial charge is 0.160 e. The SMILES string of the molecule is CCc1nc2ccc(CN)nc2n1C. The van der Waals surface area contributed by atoms with Crippen LogP contribution in [0.1, 0.15) is 18.4 Å². The summed E-state index contributed by atoms with van der Waals surface area (Å²) in [6.07, 6.45) is 0.921. The summed E-state index contributed by atoms with van der Waals surface area (Å²) >= 11 is 0. The fraction of sp³-hybridized carbons (Fsp3) is 0.400. The van der Waals surface area contributed by atoms with Crippen molar-refractivity contribution in [3.8, 4) is 0 Å². The summed E-state index contributed by atoms with van der Waals surface area (Å²) in [5, 5.41) is 0. The van der Waals surface area contributed by atoms with Crippen LogP contribution in [0.3, 0.4) is 0 Å². The fourth-order valence-corrected chi connectivity index (χ4v) is 1.58. The first kappa shape index (κ1) is 9.15. The second kappa shape index (κ2) is 3.38. The number of nitrogens with two attached hydrogens (primary N) is 1. The zero-order valence-electron chi connectivity index (χ0n) is 8.49. The van der Waals surface area contributed by atoms with Gasteiger partial charge in [0.1, 0.15) is 11.3 Å². The van der Waals surface area contributed by atoms with Crippen LogP contribution in [0, 0.1) is 0 Å². The van der Waals surface area contributed by atoms with Crippen molar-refractivity contribution in [1.29, 1.82) is 0 Å². The molecule has 0 bridgehead atoms. The molecule has 0 radical (unpaired) electrons. The molecule has 0 atom stereocenters. The fourth-order valence-electron chi connectivity index (χ4n) is 1.58. The quantitative estimate of drug-likeness (QED) is 0.768. The van der Waals surface area contributed by atoms with Crippen molar-refractivity contribution >= 4 is 11.2 Å². The first-order valence-electron chi connectivity index (χ1n) is 4.77. The number of hydrogen-bond donors (Lipinski definition) is 1. The summed E-state index contributed by atoms with van der Waals surface area (Å²) < 4.78 is 2.02. The lowest BCUT2D eigenvalue weighted by Crippen LogP contribution is -2.01. The highest BCUT2D eigenvalue weighted by Gasteiger charge is 2.07. The van der Waals surface area contributed by atoms with Gasteiger partial charge in [0, 0.05) is 20.0 Å². The molecule has 0 unspecified atom stereocenters. The molecular weight excluding hydrogens is 176 g/mol. The molecule has 0 spiro atoms. The first-order chi connectivity index (χ1) is 6.76. The van der Waals surface area contributed by atoms with Gasteiger partial charge in [-0.3, -0.25) is 0 Å². The molecule has 2 aromatic rings. The van der Waals surface area contributed by atoms with Gasteiger partial charge in [-0.25, -0.2) is 9.97 Å². The zero-order valence-corrected chi connectivity index (χ0v) is 8.49. The Morgan fingerprint density at radius 2 is 2.14 bits per heavy atom. The summed E-state index contributed by atoms with van der Waals surface area (Å²) in [6.45, 7) is 2.56. The lowest BCUT2D eigenvalue weighted by Gasteiger charge is -1.99. The number of nitrogens with zero attached hydrogens (tertiary/aromatic N) is 3. The Bertz CT molecular complexity index is 458. The topological polar surface area (TPSA) is 56.7 Å². The van der Waals surface area contributed by atoms with Crippen molar-refractivity contribution in [3.63, 3.8) is 0 Å². The van der Waals surface area contributed by atoms with Crippen LogP contribution >= 0.6 is 0 Å². The third-order valence-electron chi connectivity index (χ3n) is 2.39. The van der Waals surface area contributed by atoms with E-state index in [4.69, 9.17) is 5.73 Å². The third kappa shape index (κ3) is 1.28. The van der Waals surface area contributed by atoms with Crippen molar-refractivity contribution in [1.82, 2.24) is 14.5 Å². The maximum atomic E-state index is 5.54. The number of imidazole rings is 1. The highest BCUT2D eigenvalue weighted by atomic mass is 15.1. The van der Waals surface area contributed by atoms with E-state index < -0.39 is 0 Å². The van der Waals surface area contributed by atoms with Crippen LogP contribution in [0.4, 0.5) is 0 Å². The van der Waals surface area contributed by atoms with Crippen LogP contribution in [0.2, 0.25) is 0 Å². The molecule has 0 aliphatic heterocycles. The second-order valence-electron chi connectivity index (χ2n) is 3.29. The predicted octanol–water partition coefficient (Wildman–Crippen LogP) is 0.989. The minimum atomic E-state index is 0.475. The average molecular weight is 190 g/mol. The second-order valence-corrected chi connectivity index (χ2v) is 3.29. The van der Waals surface area contributed by atoms with E-state index in [9.17, 15) is 0 Å². The summed E-state index contributed by atoms with van der Waals surface area (Å²) in [6, 6.07) is 3.90. The van der Waals surface area contributed by atoms with Crippen LogP contribution in [-0.4, -0.2) is 14.5 Å². The molecule has 0 aliphatic rings. The van der Waals surface area contributed by atoms with E-state index in [0.29, 0.717) is 6.54 Å². The van der Waals surface area contributed by atoms with Gasteiger partial charge in [-0.15, -0.1) is 0 Å². The highest BCUT2D eigenvalue weighted by molar-refractivity contribution is 5.71. The van der Waals surface area contributed by atoms with Gasteiger partial charge in [-0.1, -0.05) is 6.92 Å². The van der Waals surface area contributed by atoms with Crippen molar-refractivity contribution < 1.29 is 0 Å². The van der Waals surface area contributed by atoms with Crippen LogP contribution in [-0.2, 0) is 20.0 Å². The number of fused-ring (bicyclic) bond motifs is 1. The monoisotopic (exact) mass is 190 g/mol. The molecule has 0 saturated carbocycles. The normalized spacial score (nSPS) is 11.1. The van der Waals surface area contributed by atoms with E-state index >= 15 is 0 Å². The van der Waals surface area contributed by atoms with Gasteiger partial charge < -0.3 is 10.3 Å². The van der Waals surface area contributed by atoms with E-state index in [-0.39, 0.29) is 0 Å². The van der Waals surface area contributed by atoms with Crippen molar-refractivity contribution in [2.75, 3.05) is 0 Å². The van der Waals surface area contributed by atoms with Gasteiger partial charge in [0.15, 0.2) is 5.65 Å². The number of aryl methyl sites for hydroxylation is 2. The van der Waals surface area contributed by atoms with Gasteiger partial charge in [-0.05, 0) is 12.1 Å². The zero-order chi connectivity index (χ0) is 10.1. The van der Waals surface area contributed by atoms with Gasteiger partial charge in [0.2, 0.25) is 0 Å². The lowest BCUT2D eigenvalue weighted by molar-refractivity contribution is 0.817. The van der Waals surface area contributed by atoms with E-state index in [0.717, 1.165) is 29.1 Å². The van der Waals surface area contributed by atoms with E-state index in [1.54, 1.807) is 0 Å². The van der Waals surface area contributed by atoms with Gasteiger partial charge in [0.25, 0.3) is 0 Å². The molecular formula is C10H14N4. The summed E-state index contributed by atoms with van der Waals surface area (Å²) in [7, 11) is 1.99. The lowest BCUT2D eigenvalue weighted by atomic mass is 10.3. The maximum absolute atomic E-state index is 5.54. The Kier molecular flexibility index (Phi) is 2.21. The number of pyridine rings is 1. The van der Waals surface area contributed by atoms with Crippen LogP contribution in [0.15, 0.2) is 12.1 Å². The van der Waals surface area contributed by atoms with Crippen LogP contribution in [0.25, 0.3) is 11.2 Å². The first-order valence-corrected chi connectivity index (χ1v) is 4.77. The number of hydrogen-bond acceptors (Lipinski definition) is 3. The van der Waals surface area contributed by atoms with E-state index in [2.05, 4.69) is 16.9 Å². The van der Waals surface area contributed by atoms with E-state index in [1.165, 1.54) is 0 Å². The molecule has 2 rings (SSSR count). The Hall–Kier alpha value is -1.42. The van der Waals surface area contributed by atoms with Crippen molar-refractivity contribution in [2.45, 2.75) is 19.9 Å². The van der Waals surface area contributed by atoms with Crippen molar-refractivity contribution in [2.24, 2.45) is 12.8 Å². The number of rotatable bonds is 2. The Morgan fingerprint density at radius 3 is 2.79 bits per heavy atom. The molecule has 2 heterocycles. The molecule has 4 nitrogen and oxygen atoms in total. The van der Waals surface area contributed by atoms with E-state index in [1.807, 2.05) is 23.7 Å². The maximum Gasteiger partial charge on any atom is 0.160 e. The molecule has 2 aromatic heterocycles. The van der Waals surface area contributed by atoms with Crippen molar-refractivity contribution in [3.05, 3.63) is 23.7 Å². The number of aromatic nitrogens is 3. The summed E-state index contributed by atoms with van der Waals surface area (Å²) in [4.78, 5) is 8.90. The molecule has 0 saturated heterocycles. The minimum Gasteiger partial charge on any atom is -0.325 e. The molecule has 0 aromatic carbocycles. The van der Waals surface area contributed by atoms with Gasteiger partial charge in [0.05, 0.1) is 5.69 Å². The molecule has 2 N–H and O–H groups in total. The highest BCUT2D eigenvalue weighted by Crippen LogP contribution is 2.13. The molecule has 74 valence electrons.